The highest BCUT2D eigenvalue weighted by Gasteiger charge is 2.24. The van der Waals surface area contributed by atoms with Crippen LogP contribution in [-0.2, 0) is 11.8 Å². The molecule has 7 heteroatoms. The number of amides is 1. The number of hydrogen-bond donors (Lipinski definition) is 1. The summed E-state index contributed by atoms with van der Waals surface area (Å²) < 4.78 is 7.07. The van der Waals surface area contributed by atoms with Crippen LogP contribution >= 0.6 is 22.9 Å². The molecule has 0 aliphatic carbocycles. The Bertz CT molecular complexity index is 1290. The third-order valence-corrected chi connectivity index (χ3v) is 6.35. The smallest absolute Gasteiger partial charge is 0.341 e. The number of nitrogens with one attached hydrogen (secondary N) is 1. The van der Waals surface area contributed by atoms with Gasteiger partial charge in [0, 0.05) is 33.9 Å². The predicted octanol–water partition coefficient (Wildman–Crippen LogP) is 6.30. The lowest BCUT2D eigenvalue weighted by molar-refractivity contribution is 0.0529. The van der Waals surface area contributed by atoms with E-state index in [2.05, 4.69) is 5.32 Å². The summed E-state index contributed by atoms with van der Waals surface area (Å²) in [5.41, 5.74) is 4.42. The summed E-state index contributed by atoms with van der Waals surface area (Å²) in [7, 11) is 1.81. The van der Waals surface area contributed by atoms with Crippen molar-refractivity contribution in [3.05, 3.63) is 75.8 Å². The average Bonchev–Trinajstić information content (AvgIpc) is 3.31. The highest BCUT2D eigenvalue weighted by Crippen LogP contribution is 2.37. The quantitative estimate of drug-likeness (QED) is 0.361. The molecule has 0 atom stereocenters. The predicted molar refractivity (Wildman–Crippen MR) is 126 cm³/mol. The monoisotopic (exact) mass is 452 g/mol. The number of rotatable bonds is 5. The van der Waals surface area contributed by atoms with Crippen molar-refractivity contribution in [1.29, 1.82) is 0 Å². The Morgan fingerprint density at radius 3 is 2.58 bits per heavy atom. The maximum atomic E-state index is 13.1. The third kappa shape index (κ3) is 3.96. The van der Waals surface area contributed by atoms with Gasteiger partial charge in [-0.1, -0.05) is 47.5 Å². The summed E-state index contributed by atoms with van der Waals surface area (Å²) >= 11 is 7.59. The van der Waals surface area contributed by atoms with Crippen molar-refractivity contribution < 1.29 is 14.3 Å². The van der Waals surface area contributed by atoms with Crippen LogP contribution in [0, 0.1) is 6.92 Å². The lowest BCUT2D eigenvalue weighted by Crippen LogP contribution is -2.17. The largest absolute Gasteiger partial charge is 0.462 e. The van der Waals surface area contributed by atoms with E-state index in [1.54, 1.807) is 23.6 Å². The van der Waals surface area contributed by atoms with Gasteiger partial charge in [0.15, 0.2) is 0 Å². The molecule has 0 aliphatic heterocycles. The van der Waals surface area contributed by atoms with Gasteiger partial charge >= 0.3 is 5.97 Å². The van der Waals surface area contributed by atoms with Crippen LogP contribution in [0.4, 0.5) is 5.00 Å². The molecule has 31 heavy (non-hydrogen) atoms. The van der Waals surface area contributed by atoms with E-state index in [4.69, 9.17) is 16.3 Å². The van der Waals surface area contributed by atoms with Crippen LogP contribution in [0.15, 0.2) is 53.9 Å². The molecule has 0 saturated heterocycles. The van der Waals surface area contributed by atoms with Gasteiger partial charge in [0.1, 0.15) is 16.3 Å². The number of carbonyl (C=O) groups is 2. The zero-order chi connectivity index (χ0) is 22.1. The molecule has 2 heterocycles. The maximum Gasteiger partial charge on any atom is 0.341 e. The van der Waals surface area contributed by atoms with Crippen LogP contribution in [-0.4, -0.2) is 23.1 Å². The number of anilines is 1. The third-order valence-electron chi connectivity index (χ3n) is 5.13. The minimum Gasteiger partial charge on any atom is -0.462 e. The second kappa shape index (κ2) is 8.57. The number of esters is 1. The summed E-state index contributed by atoms with van der Waals surface area (Å²) in [6, 6.07) is 15.2. The van der Waals surface area contributed by atoms with Gasteiger partial charge < -0.3 is 14.6 Å². The number of benzene rings is 2. The van der Waals surface area contributed by atoms with E-state index in [-0.39, 0.29) is 12.5 Å². The Kier molecular flexibility index (Phi) is 5.85. The minimum atomic E-state index is -0.463. The Morgan fingerprint density at radius 1 is 1.16 bits per heavy atom. The van der Waals surface area contributed by atoms with E-state index in [0.29, 0.717) is 21.3 Å². The number of carbonyl (C=O) groups excluding carboxylic acids is 2. The van der Waals surface area contributed by atoms with Crippen LogP contribution in [0.1, 0.15) is 33.3 Å². The minimum absolute atomic E-state index is 0.247. The van der Waals surface area contributed by atoms with Crippen molar-refractivity contribution in [1.82, 2.24) is 4.57 Å². The maximum absolute atomic E-state index is 13.1. The van der Waals surface area contributed by atoms with Crippen LogP contribution in [0.2, 0.25) is 5.02 Å². The van der Waals surface area contributed by atoms with Crippen molar-refractivity contribution in [3.8, 4) is 11.1 Å². The second-order valence-electron chi connectivity index (χ2n) is 7.16. The Labute approximate surface area is 189 Å². The number of thiophene rings is 1. The van der Waals surface area contributed by atoms with E-state index in [1.165, 1.54) is 11.3 Å². The van der Waals surface area contributed by atoms with E-state index >= 15 is 0 Å². The highest BCUT2D eigenvalue weighted by molar-refractivity contribution is 7.15. The normalized spacial score (nSPS) is 11.0. The van der Waals surface area contributed by atoms with Gasteiger partial charge in [0.25, 0.3) is 5.91 Å². The van der Waals surface area contributed by atoms with Crippen molar-refractivity contribution in [2.24, 2.45) is 7.05 Å². The lowest BCUT2D eigenvalue weighted by Gasteiger charge is -2.09. The number of aromatic nitrogens is 1. The van der Waals surface area contributed by atoms with Crippen LogP contribution in [0.5, 0.6) is 0 Å². The summed E-state index contributed by atoms with van der Waals surface area (Å²) in [6.07, 6.45) is 0. The molecular formula is C24H21ClN2O3S. The van der Waals surface area contributed by atoms with Crippen LogP contribution in [0.3, 0.4) is 0 Å². The first-order chi connectivity index (χ1) is 14.9. The van der Waals surface area contributed by atoms with Crippen molar-refractivity contribution in [2.45, 2.75) is 13.8 Å². The molecule has 0 unspecified atom stereocenters. The fourth-order valence-electron chi connectivity index (χ4n) is 3.51. The zero-order valence-electron chi connectivity index (χ0n) is 17.4. The summed E-state index contributed by atoms with van der Waals surface area (Å²) in [5, 5.41) is 6.60. The fraction of sp³-hybridized carbons (Fsp3) is 0.167. The van der Waals surface area contributed by atoms with Gasteiger partial charge in [0.05, 0.1) is 6.61 Å². The first-order valence-electron chi connectivity index (χ1n) is 9.81. The lowest BCUT2D eigenvalue weighted by atomic mass is 10.0. The van der Waals surface area contributed by atoms with E-state index in [0.717, 1.165) is 27.6 Å². The molecule has 0 saturated carbocycles. The molecule has 0 radical (unpaired) electrons. The van der Waals surface area contributed by atoms with Gasteiger partial charge in [-0.25, -0.2) is 4.79 Å². The van der Waals surface area contributed by atoms with Gasteiger partial charge in [0.2, 0.25) is 0 Å². The van der Waals surface area contributed by atoms with Gasteiger partial charge in [-0.2, -0.15) is 0 Å². The number of aryl methyl sites for hydroxylation is 2. The molecule has 158 valence electrons. The zero-order valence-corrected chi connectivity index (χ0v) is 18.9. The Morgan fingerprint density at radius 2 is 1.90 bits per heavy atom. The first kappa shape index (κ1) is 21.2. The van der Waals surface area contributed by atoms with Crippen molar-refractivity contribution >= 4 is 50.7 Å². The van der Waals surface area contributed by atoms with E-state index in [9.17, 15) is 9.59 Å². The molecule has 2 aromatic carbocycles. The number of halogens is 1. The Balaban J connectivity index is 1.74. The first-order valence-corrected chi connectivity index (χ1v) is 11.1. The summed E-state index contributed by atoms with van der Waals surface area (Å²) in [6.45, 7) is 4.01. The average molecular weight is 453 g/mol. The number of nitrogens with zero attached hydrogens (tertiary/aromatic N) is 1. The number of hydrogen-bond acceptors (Lipinski definition) is 4. The molecule has 0 aliphatic rings. The number of ether oxygens (including phenoxy) is 1. The van der Waals surface area contributed by atoms with E-state index < -0.39 is 5.97 Å². The van der Waals surface area contributed by atoms with Gasteiger partial charge in [-0.05, 0) is 37.6 Å². The summed E-state index contributed by atoms with van der Waals surface area (Å²) in [5.74, 6) is -0.785. The fourth-order valence-corrected chi connectivity index (χ4v) is 4.69. The summed E-state index contributed by atoms with van der Waals surface area (Å²) in [4.78, 5) is 25.9. The van der Waals surface area contributed by atoms with Crippen molar-refractivity contribution in [2.75, 3.05) is 11.9 Å². The molecule has 0 spiro atoms. The van der Waals surface area contributed by atoms with Crippen LogP contribution < -0.4 is 5.32 Å². The van der Waals surface area contributed by atoms with Crippen LogP contribution in [0.25, 0.3) is 22.0 Å². The second-order valence-corrected chi connectivity index (χ2v) is 8.44. The highest BCUT2D eigenvalue weighted by atomic mass is 35.5. The Hall–Kier alpha value is -3.09. The molecular weight excluding hydrogens is 432 g/mol. The topological polar surface area (TPSA) is 60.3 Å². The van der Waals surface area contributed by atoms with E-state index in [1.807, 2.05) is 55.7 Å². The molecule has 1 N–H and O–H groups in total. The molecule has 2 aromatic heterocycles. The van der Waals surface area contributed by atoms with Crippen molar-refractivity contribution in [3.63, 3.8) is 0 Å². The number of fused-ring (bicyclic) bond motifs is 1. The standard InChI is InChI=1S/C24H21ClN2O3S/c1-4-30-24(29)21-17(15-10-8-14(2)9-11-15)13-31-23(21)26-22(28)20-12-16-18(25)6-5-7-19(16)27(20)3/h5-13H,4H2,1-3H3,(H,26,28). The molecule has 0 fully saturated rings. The SMILES string of the molecule is CCOC(=O)c1c(-c2ccc(C)cc2)csc1NC(=O)c1cc2c(Cl)cccc2n1C. The molecule has 0 bridgehead atoms. The van der Waals surface area contributed by atoms with Gasteiger partial charge in [-0.15, -0.1) is 11.3 Å². The molecule has 4 rings (SSSR count). The molecule has 5 nitrogen and oxygen atoms in total. The molecule has 1 amide bonds. The van der Waals surface area contributed by atoms with Gasteiger partial charge in [-0.3, -0.25) is 4.79 Å². The molecule has 4 aromatic rings.